The third-order valence-electron chi connectivity index (χ3n) is 1.53. The lowest BCUT2D eigenvalue weighted by molar-refractivity contribution is -0.131. The van der Waals surface area contributed by atoms with Gasteiger partial charge in [-0.05, 0) is 19.9 Å². The molecule has 1 heterocycles. The maximum atomic E-state index is 10.1. The van der Waals surface area contributed by atoms with E-state index in [1.54, 1.807) is 0 Å². The van der Waals surface area contributed by atoms with Crippen LogP contribution in [0.5, 0.6) is 0 Å². The zero-order chi connectivity index (χ0) is 9.14. The van der Waals surface area contributed by atoms with Gasteiger partial charge in [-0.2, -0.15) is 0 Å². The van der Waals surface area contributed by atoms with E-state index < -0.39 is 5.97 Å². The maximum Gasteiger partial charge on any atom is 0.328 e. The average Bonchev–Trinajstić information content (AvgIpc) is 2.28. The normalized spacial score (nSPS) is 10.8. The molecular formula is C8H10N2O2. The van der Waals surface area contributed by atoms with Crippen molar-refractivity contribution in [3.8, 4) is 0 Å². The van der Waals surface area contributed by atoms with Crippen LogP contribution in [0.2, 0.25) is 0 Å². The van der Waals surface area contributed by atoms with Crippen LogP contribution in [0.15, 0.2) is 6.08 Å². The summed E-state index contributed by atoms with van der Waals surface area (Å²) < 4.78 is 0. The largest absolute Gasteiger partial charge is 0.478 e. The first-order valence-electron chi connectivity index (χ1n) is 3.54. The molecule has 0 aromatic carbocycles. The van der Waals surface area contributed by atoms with Gasteiger partial charge in [-0.25, -0.2) is 9.78 Å². The minimum absolute atomic E-state index is 0.576. The zero-order valence-corrected chi connectivity index (χ0v) is 6.96. The number of rotatable bonds is 2. The van der Waals surface area contributed by atoms with Crippen molar-refractivity contribution in [2.45, 2.75) is 13.8 Å². The molecule has 64 valence electrons. The van der Waals surface area contributed by atoms with Gasteiger partial charge in [-0.3, -0.25) is 0 Å². The highest BCUT2D eigenvalue weighted by Gasteiger charge is 1.98. The number of aryl methyl sites for hydroxylation is 2. The van der Waals surface area contributed by atoms with Crippen LogP contribution in [-0.2, 0) is 4.79 Å². The van der Waals surface area contributed by atoms with Crippen molar-refractivity contribution in [1.29, 1.82) is 0 Å². The highest BCUT2D eigenvalue weighted by Crippen LogP contribution is 2.03. The molecule has 0 aliphatic rings. The van der Waals surface area contributed by atoms with E-state index >= 15 is 0 Å². The van der Waals surface area contributed by atoms with Crippen molar-refractivity contribution in [1.82, 2.24) is 9.97 Å². The van der Waals surface area contributed by atoms with Crippen LogP contribution in [0.25, 0.3) is 6.08 Å². The van der Waals surface area contributed by atoms with Gasteiger partial charge >= 0.3 is 5.97 Å². The Kier molecular flexibility index (Phi) is 2.28. The monoisotopic (exact) mass is 166 g/mol. The van der Waals surface area contributed by atoms with Gasteiger partial charge in [0.25, 0.3) is 0 Å². The Morgan fingerprint density at radius 1 is 1.58 bits per heavy atom. The molecule has 0 atom stereocenters. The molecule has 1 aromatic rings. The quantitative estimate of drug-likeness (QED) is 0.647. The van der Waals surface area contributed by atoms with Crippen LogP contribution < -0.4 is 0 Å². The molecule has 1 aromatic heterocycles. The molecule has 4 heteroatoms. The van der Waals surface area contributed by atoms with Crippen molar-refractivity contribution in [3.63, 3.8) is 0 Å². The van der Waals surface area contributed by atoms with Crippen LogP contribution in [0.4, 0.5) is 0 Å². The first-order chi connectivity index (χ1) is 5.59. The number of aliphatic carboxylic acids is 1. The second-order valence-electron chi connectivity index (χ2n) is 2.50. The summed E-state index contributed by atoms with van der Waals surface area (Å²) in [5.74, 6) is -0.394. The highest BCUT2D eigenvalue weighted by atomic mass is 16.4. The lowest BCUT2D eigenvalue weighted by Crippen LogP contribution is -1.86. The topological polar surface area (TPSA) is 66.0 Å². The maximum absolute atomic E-state index is 10.1. The summed E-state index contributed by atoms with van der Waals surface area (Å²) in [5.41, 5.74) is 1.85. The second-order valence-corrected chi connectivity index (χ2v) is 2.50. The number of carboxylic acid groups (broad SMARTS) is 1. The number of nitrogens with zero attached hydrogens (tertiary/aromatic N) is 1. The molecule has 0 aliphatic carbocycles. The van der Waals surface area contributed by atoms with E-state index in [0.717, 1.165) is 17.5 Å². The molecule has 0 saturated heterocycles. The van der Waals surface area contributed by atoms with Gasteiger partial charge < -0.3 is 10.1 Å². The smallest absolute Gasteiger partial charge is 0.328 e. The van der Waals surface area contributed by atoms with E-state index in [1.165, 1.54) is 6.08 Å². The van der Waals surface area contributed by atoms with Crippen LogP contribution in [-0.4, -0.2) is 21.0 Å². The molecule has 2 N–H and O–H groups in total. The summed E-state index contributed by atoms with van der Waals surface area (Å²) in [7, 11) is 0. The predicted molar refractivity (Wildman–Crippen MR) is 44.7 cm³/mol. The fourth-order valence-electron chi connectivity index (χ4n) is 0.804. The standard InChI is InChI=1S/C8H10N2O2/c1-5-6(2)10-7(9-5)3-4-8(11)12/h3-4H,1-2H3,(H,9,10)(H,11,12). The van der Waals surface area contributed by atoms with E-state index in [0.29, 0.717) is 5.82 Å². The van der Waals surface area contributed by atoms with Gasteiger partial charge in [0, 0.05) is 11.8 Å². The molecule has 0 fully saturated rings. The average molecular weight is 166 g/mol. The fraction of sp³-hybridized carbons (Fsp3) is 0.250. The van der Waals surface area contributed by atoms with Crippen molar-refractivity contribution in [3.05, 3.63) is 23.3 Å². The van der Waals surface area contributed by atoms with Crippen LogP contribution in [0, 0.1) is 13.8 Å². The van der Waals surface area contributed by atoms with E-state index in [9.17, 15) is 4.79 Å². The van der Waals surface area contributed by atoms with Crippen molar-refractivity contribution < 1.29 is 9.90 Å². The minimum Gasteiger partial charge on any atom is -0.478 e. The summed E-state index contributed by atoms with van der Waals surface area (Å²) in [6.07, 6.45) is 2.49. The number of hydrogen-bond donors (Lipinski definition) is 2. The molecule has 0 amide bonds. The molecule has 0 spiro atoms. The third-order valence-corrected chi connectivity index (χ3v) is 1.53. The molecule has 0 bridgehead atoms. The summed E-state index contributed by atoms with van der Waals surface area (Å²) in [4.78, 5) is 17.2. The van der Waals surface area contributed by atoms with E-state index in [1.807, 2.05) is 13.8 Å². The zero-order valence-electron chi connectivity index (χ0n) is 6.96. The van der Waals surface area contributed by atoms with Gasteiger partial charge in [0.1, 0.15) is 5.82 Å². The Bertz CT molecular complexity index is 306. The Morgan fingerprint density at radius 3 is 2.67 bits per heavy atom. The summed E-state index contributed by atoms with van der Waals surface area (Å²) in [5, 5.41) is 8.32. The van der Waals surface area contributed by atoms with Gasteiger partial charge in [-0.1, -0.05) is 0 Å². The first-order valence-corrected chi connectivity index (χ1v) is 3.54. The number of imidazole rings is 1. The number of aromatic amines is 1. The second kappa shape index (κ2) is 3.21. The van der Waals surface area contributed by atoms with Gasteiger partial charge in [-0.15, -0.1) is 0 Å². The Morgan fingerprint density at radius 2 is 2.25 bits per heavy atom. The molecule has 1 rings (SSSR count). The summed E-state index contributed by atoms with van der Waals surface area (Å²) in [6, 6.07) is 0. The predicted octanol–water partition coefficient (Wildman–Crippen LogP) is 1.12. The van der Waals surface area contributed by atoms with E-state index in [4.69, 9.17) is 5.11 Å². The van der Waals surface area contributed by atoms with Crippen LogP contribution >= 0.6 is 0 Å². The summed E-state index contributed by atoms with van der Waals surface area (Å²) >= 11 is 0. The van der Waals surface area contributed by atoms with E-state index in [-0.39, 0.29) is 0 Å². The SMILES string of the molecule is Cc1nc(C=CC(=O)O)[nH]c1C. The van der Waals surface area contributed by atoms with Crippen molar-refractivity contribution in [2.24, 2.45) is 0 Å². The molecular weight excluding hydrogens is 156 g/mol. The van der Waals surface area contributed by atoms with Gasteiger partial charge in [0.2, 0.25) is 0 Å². The van der Waals surface area contributed by atoms with Crippen molar-refractivity contribution >= 4 is 12.0 Å². The van der Waals surface area contributed by atoms with Gasteiger partial charge in [0.05, 0.1) is 5.69 Å². The molecule has 0 aliphatic heterocycles. The van der Waals surface area contributed by atoms with Gasteiger partial charge in [0.15, 0.2) is 0 Å². The Balaban J connectivity index is 2.83. The number of aromatic nitrogens is 2. The molecule has 12 heavy (non-hydrogen) atoms. The lowest BCUT2D eigenvalue weighted by Gasteiger charge is -1.81. The highest BCUT2D eigenvalue weighted by molar-refractivity contribution is 5.84. The number of carbonyl (C=O) groups is 1. The molecule has 0 saturated carbocycles. The lowest BCUT2D eigenvalue weighted by atomic mass is 10.4. The Labute approximate surface area is 70.0 Å². The van der Waals surface area contributed by atoms with Crippen LogP contribution in [0.1, 0.15) is 17.2 Å². The molecule has 0 unspecified atom stereocenters. The van der Waals surface area contributed by atoms with E-state index in [2.05, 4.69) is 9.97 Å². The number of nitrogens with one attached hydrogen (secondary N) is 1. The van der Waals surface area contributed by atoms with Crippen LogP contribution in [0.3, 0.4) is 0 Å². The number of H-pyrrole nitrogens is 1. The Hall–Kier alpha value is -1.58. The summed E-state index contributed by atoms with van der Waals surface area (Å²) in [6.45, 7) is 3.75. The molecule has 4 nitrogen and oxygen atoms in total. The fourth-order valence-corrected chi connectivity index (χ4v) is 0.804. The number of carboxylic acids is 1. The van der Waals surface area contributed by atoms with Crippen molar-refractivity contribution in [2.75, 3.05) is 0 Å². The first kappa shape index (κ1) is 8.52. The third kappa shape index (κ3) is 1.95. The molecule has 0 radical (unpaired) electrons. The minimum atomic E-state index is -0.971. The number of hydrogen-bond acceptors (Lipinski definition) is 2.